The highest BCUT2D eigenvalue weighted by Gasteiger charge is 2.35. The lowest BCUT2D eigenvalue weighted by atomic mass is 10.1. The summed E-state index contributed by atoms with van der Waals surface area (Å²) in [6.45, 7) is 2.78. The van der Waals surface area contributed by atoms with Crippen LogP contribution in [0.25, 0.3) is 11.5 Å². The molecule has 1 aromatic heterocycles. The lowest BCUT2D eigenvalue weighted by Gasteiger charge is -2.37. The summed E-state index contributed by atoms with van der Waals surface area (Å²) in [5.74, 6) is 1.20. The van der Waals surface area contributed by atoms with Gasteiger partial charge in [0.05, 0.1) is 12.2 Å². The van der Waals surface area contributed by atoms with Crippen molar-refractivity contribution in [2.24, 2.45) is 0 Å². The standard InChI is InChI=1S/C20H20N2O4/c1-2-3-11-23-17-10-9-15(18-22-21-13-24-18)12-16(17)20-25-19(26-20)14-7-5-4-6-8-14/h4-10,12-13,19-20H,2-3,11H2,1H3. The van der Waals surface area contributed by atoms with Crippen molar-refractivity contribution in [2.75, 3.05) is 6.61 Å². The van der Waals surface area contributed by atoms with Crippen LogP contribution in [0.1, 0.15) is 43.5 Å². The summed E-state index contributed by atoms with van der Waals surface area (Å²) in [5.41, 5.74) is 2.62. The van der Waals surface area contributed by atoms with E-state index in [1.807, 2.05) is 48.5 Å². The van der Waals surface area contributed by atoms with Crippen molar-refractivity contribution in [3.05, 3.63) is 66.1 Å². The van der Waals surface area contributed by atoms with Crippen molar-refractivity contribution in [3.63, 3.8) is 0 Å². The van der Waals surface area contributed by atoms with Gasteiger partial charge in [0, 0.05) is 11.1 Å². The Morgan fingerprint density at radius 2 is 1.88 bits per heavy atom. The van der Waals surface area contributed by atoms with E-state index in [4.69, 9.17) is 18.6 Å². The highest BCUT2D eigenvalue weighted by atomic mass is 16.9. The SMILES string of the molecule is CCCCOc1ccc(-c2nnco2)cc1C1OC(c2ccccc2)O1. The minimum atomic E-state index is -0.486. The molecule has 0 spiro atoms. The second-order valence-electron chi connectivity index (χ2n) is 6.05. The predicted octanol–water partition coefficient (Wildman–Crippen LogP) is 4.66. The Hall–Kier alpha value is -2.70. The van der Waals surface area contributed by atoms with Crippen molar-refractivity contribution in [1.82, 2.24) is 10.2 Å². The van der Waals surface area contributed by atoms with Crippen LogP contribution >= 0.6 is 0 Å². The number of hydrogen-bond acceptors (Lipinski definition) is 6. The lowest BCUT2D eigenvalue weighted by Crippen LogP contribution is -2.27. The van der Waals surface area contributed by atoms with Crippen LogP contribution in [0.4, 0.5) is 0 Å². The highest BCUT2D eigenvalue weighted by Crippen LogP contribution is 2.45. The molecule has 3 aromatic rings. The number of hydrogen-bond donors (Lipinski definition) is 0. The van der Waals surface area contributed by atoms with Crippen molar-refractivity contribution in [2.45, 2.75) is 32.3 Å². The van der Waals surface area contributed by atoms with Crippen molar-refractivity contribution >= 4 is 0 Å². The highest BCUT2D eigenvalue weighted by molar-refractivity contribution is 5.57. The Bertz CT molecular complexity index is 830. The molecule has 0 unspecified atom stereocenters. The van der Waals surface area contributed by atoms with Gasteiger partial charge >= 0.3 is 0 Å². The molecular formula is C20H20N2O4. The van der Waals surface area contributed by atoms with Crippen LogP contribution in [0, 0.1) is 0 Å². The molecule has 1 saturated heterocycles. The monoisotopic (exact) mass is 352 g/mol. The Balaban J connectivity index is 1.55. The molecule has 2 heterocycles. The molecule has 6 heteroatoms. The van der Waals surface area contributed by atoms with Crippen LogP contribution in [0.2, 0.25) is 0 Å². The summed E-state index contributed by atoms with van der Waals surface area (Å²) >= 11 is 0. The number of rotatable bonds is 7. The maximum atomic E-state index is 5.96. The molecule has 134 valence electrons. The Morgan fingerprint density at radius 3 is 2.62 bits per heavy atom. The van der Waals surface area contributed by atoms with E-state index in [-0.39, 0.29) is 6.29 Å². The molecule has 0 saturated carbocycles. The molecule has 0 aliphatic carbocycles. The van der Waals surface area contributed by atoms with E-state index in [0.29, 0.717) is 12.5 Å². The van der Waals surface area contributed by atoms with Gasteiger partial charge in [-0.2, -0.15) is 0 Å². The molecule has 1 fully saturated rings. The second-order valence-corrected chi connectivity index (χ2v) is 6.05. The van der Waals surface area contributed by atoms with Crippen LogP contribution in [-0.2, 0) is 9.47 Å². The minimum absolute atomic E-state index is 0.364. The van der Waals surface area contributed by atoms with Crippen LogP contribution in [0.5, 0.6) is 5.75 Å². The van der Waals surface area contributed by atoms with Crippen molar-refractivity contribution in [1.29, 1.82) is 0 Å². The Kier molecular flexibility index (Phi) is 4.95. The zero-order valence-electron chi connectivity index (χ0n) is 14.5. The smallest absolute Gasteiger partial charge is 0.247 e. The number of aromatic nitrogens is 2. The minimum Gasteiger partial charge on any atom is -0.493 e. The average molecular weight is 352 g/mol. The van der Waals surface area contributed by atoms with Crippen LogP contribution in [0.3, 0.4) is 0 Å². The molecule has 2 aromatic carbocycles. The molecule has 0 N–H and O–H groups in total. The van der Waals surface area contributed by atoms with Gasteiger partial charge in [-0.25, -0.2) is 0 Å². The Morgan fingerprint density at radius 1 is 1.04 bits per heavy atom. The largest absolute Gasteiger partial charge is 0.493 e. The molecule has 26 heavy (non-hydrogen) atoms. The first-order valence-electron chi connectivity index (χ1n) is 8.74. The number of benzene rings is 2. The average Bonchev–Trinajstić information content (AvgIpc) is 3.17. The quantitative estimate of drug-likeness (QED) is 0.576. The fraction of sp³-hybridized carbons (Fsp3) is 0.300. The summed E-state index contributed by atoms with van der Waals surface area (Å²) in [6, 6.07) is 15.6. The molecule has 0 atom stereocenters. The molecule has 0 radical (unpaired) electrons. The van der Waals surface area contributed by atoms with Gasteiger partial charge in [0.15, 0.2) is 12.6 Å². The van der Waals surface area contributed by atoms with Crippen LogP contribution in [0.15, 0.2) is 59.3 Å². The van der Waals surface area contributed by atoms with Crippen molar-refractivity contribution < 1.29 is 18.6 Å². The number of nitrogens with zero attached hydrogens (tertiary/aromatic N) is 2. The number of unbranched alkanes of at least 4 members (excludes halogenated alkanes) is 1. The van der Waals surface area contributed by atoms with E-state index in [9.17, 15) is 0 Å². The summed E-state index contributed by atoms with van der Waals surface area (Å²) < 4.78 is 23.1. The first-order chi connectivity index (χ1) is 12.8. The summed E-state index contributed by atoms with van der Waals surface area (Å²) in [4.78, 5) is 0. The third-order valence-corrected chi connectivity index (χ3v) is 4.19. The fourth-order valence-corrected chi connectivity index (χ4v) is 2.77. The first kappa shape index (κ1) is 16.8. The summed E-state index contributed by atoms with van der Waals surface area (Å²) in [5, 5.41) is 7.69. The van der Waals surface area contributed by atoms with E-state index in [1.165, 1.54) is 6.39 Å². The fourth-order valence-electron chi connectivity index (χ4n) is 2.77. The molecular weight excluding hydrogens is 332 g/mol. The van der Waals surface area contributed by atoms with E-state index in [0.717, 1.165) is 35.3 Å². The van der Waals surface area contributed by atoms with E-state index in [1.54, 1.807) is 0 Å². The molecule has 1 aliphatic heterocycles. The second kappa shape index (κ2) is 7.68. The topological polar surface area (TPSA) is 66.6 Å². The van der Waals surface area contributed by atoms with E-state index >= 15 is 0 Å². The van der Waals surface area contributed by atoms with Crippen LogP contribution < -0.4 is 4.74 Å². The maximum absolute atomic E-state index is 5.96. The Labute approximate surface area is 151 Å². The van der Waals surface area contributed by atoms with Gasteiger partial charge in [-0.15, -0.1) is 10.2 Å². The van der Waals surface area contributed by atoms with Gasteiger partial charge in [-0.05, 0) is 24.6 Å². The third kappa shape index (κ3) is 3.47. The zero-order valence-corrected chi connectivity index (χ0v) is 14.5. The van der Waals surface area contributed by atoms with Gasteiger partial charge in [0.2, 0.25) is 12.3 Å². The molecule has 0 amide bonds. The van der Waals surface area contributed by atoms with Crippen LogP contribution in [-0.4, -0.2) is 16.8 Å². The van der Waals surface area contributed by atoms with Gasteiger partial charge in [-0.3, -0.25) is 0 Å². The summed E-state index contributed by atoms with van der Waals surface area (Å²) in [7, 11) is 0. The lowest BCUT2D eigenvalue weighted by molar-refractivity contribution is -0.397. The van der Waals surface area contributed by atoms with Gasteiger partial charge < -0.3 is 18.6 Å². The first-order valence-corrected chi connectivity index (χ1v) is 8.74. The van der Waals surface area contributed by atoms with Gasteiger partial charge in [-0.1, -0.05) is 43.7 Å². The maximum Gasteiger partial charge on any atom is 0.247 e. The molecule has 4 rings (SSSR count). The van der Waals surface area contributed by atoms with E-state index in [2.05, 4.69) is 17.1 Å². The number of ether oxygens (including phenoxy) is 3. The van der Waals surface area contributed by atoms with E-state index < -0.39 is 6.29 Å². The van der Waals surface area contributed by atoms with Crippen molar-refractivity contribution in [3.8, 4) is 17.2 Å². The normalized spacial score (nSPS) is 19.1. The molecule has 0 bridgehead atoms. The predicted molar refractivity (Wildman–Crippen MR) is 94.2 cm³/mol. The van der Waals surface area contributed by atoms with Gasteiger partial charge in [0.1, 0.15) is 5.75 Å². The zero-order chi connectivity index (χ0) is 17.8. The molecule has 6 nitrogen and oxygen atoms in total. The third-order valence-electron chi connectivity index (χ3n) is 4.19. The van der Waals surface area contributed by atoms with Gasteiger partial charge in [0.25, 0.3) is 0 Å². The summed E-state index contributed by atoms with van der Waals surface area (Å²) in [6.07, 6.45) is 2.52. The molecule has 1 aliphatic rings.